The number of phenols is 1. The summed E-state index contributed by atoms with van der Waals surface area (Å²) in [6.45, 7) is 6.43. The summed E-state index contributed by atoms with van der Waals surface area (Å²) in [7, 11) is 4.37. The number of hydrogen-bond donors (Lipinski definition) is 2. The Bertz CT molecular complexity index is 1180. The molecule has 1 fully saturated rings. The highest BCUT2D eigenvalue weighted by molar-refractivity contribution is 9.10. The van der Waals surface area contributed by atoms with E-state index in [1.165, 1.54) is 26.2 Å². The number of ketones is 1. The van der Waals surface area contributed by atoms with Gasteiger partial charge >= 0.3 is 0 Å². The number of carbonyl (C=O) groups excluding carboxylic acids is 2. The molecular formula is C26H31BrN2O7. The van der Waals surface area contributed by atoms with Crippen LogP contribution in [0.2, 0.25) is 0 Å². The second-order valence-electron chi connectivity index (χ2n) is 8.14. The fraction of sp³-hybridized carbons (Fsp3) is 0.385. The molecule has 0 spiro atoms. The number of methoxy groups -OCH3 is 3. The highest BCUT2D eigenvalue weighted by Crippen LogP contribution is 2.44. The molecule has 2 aromatic rings. The summed E-state index contributed by atoms with van der Waals surface area (Å²) in [5, 5.41) is 21.7. The largest absolute Gasteiger partial charge is 0.507 e. The number of carbonyl (C=O) groups is 2. The lowest BCUT2D eigenvalue weighted by Gasteiger charge is -2.28. The summed E-state index contributed by atoms with van der Waals surface area (Å²) in [6.07, 6.45) is 0. The van der Waals surface area contributed by atoms with Gasteiger partial charge < -0.3 is 34.2 Å². The standard InChI is InChI=1S/C26H31BrN2O7/c1-6-28(7-2)10-11-29-22(16-12-17(27)24(31)20(14-16)36-5)21(25(32)26(29)33)23(30)15-8-9-18(34-3)19(13-15)35-4/h8-9,12-14,22,30-31H,6-7,10-11H2,1-5H3. The normalized spacial score (nSPS) is 17.1. The molecule has 0 aromatic heterocycles. The van der Waals surface area contributed by atoms with E-state index in [-0.39, 0.29) is 29.4 Å². The maximum absolute atomic E-state index is 13.3. The van der Waals surface area contributed by atoms with Gasteiger partial charge in [0, 0.05) is 18.7 Å². The zero-order valence-corrected chi connectivity index (χ0v) is 22.6. The Balaban J connectivity index is 2.21. The number of likely N-dealkylation sites (tertiary alicyclic amines) is 1. The number of ether oxygens (including phenoxy) is 3. The van der Waals surface area contributed by atoms with Crippen LogP contribution in [0.1, 0.15) is 31.0 Å². The number of halogens is 1. The van der Waals surface area contributed by atoms with E-state index in [2.05, 4.69) is 20.8 Å². The van der Waals surface area contributed by atoms with Gasteiger partial charge in [0.2, 0.25) is 0 Å². The van der Waals surface area contributed by atoms with E-state index in [1.807, 2.05) is 13.8 Å². The number of likely N-dealkylation sites (N-methyl/N-ethyl adjacent to an activating group) is 1. The molecule has 2 N–H and O–H groups in total. The Morgan fingerprint density at radius 3 is 2.22 bits per heavy atom. The van der Waals surface area contributed by atoms with Crippen LogP contribution in [0.15, 0.2) is 40.4 Å². The van der Waals surface area contributed by atoms with Crippen molar-refractivity contribution in [2.45, 2.75) is 19.9 Å². The number of aliphatic hydroxyl groups is 1. The van der Waals surface area contributed by atoms with Crippen molar-refractivity contribution >= 4 is 33.4 Å². The van der Waals surface area contributed by atoms with Crippen LogP contribution < -0.4 is 14.2 Å². The molecule has 1 aliphatic rings. The molecule has 0 saturated carbocycles. The maximum Gasteiger partial charge on any atom is 0.295 e. The summed E-state index contributed by atoms with van der Waals surface area (Å²) in [5.41, 5.74) is 0.730. The Labute approximate surface area is 219 Å². The van der Waals surface area contributed by atoms with Crippen LogP contribution in [0.4, 0.5) is 0 Å². The van der Waals surface area contributed by atoms with Gasteiger partial charge in [-0.15, -0.1) is 0 Å². The lowest BCUT2D eigenvalue weighted by Crippen LogP contribution is -2.38. The molecule has 1 aliphatic heterocycles. The second-order valence-corrected chi connectivity index (χ2v) is 9.00. The van der Waals surface area contributed by atoms with Crippen LogP contribution in [0.5, 0.6) is 23.0 Å². The lowest BCUT2D eigenvalue weighted by molar-refractivity contribution is -0.140. The number of hydrogen-bond acceptors (Lipinski definition) is 8. The quantitative estimate of drug-likeness (QED) is 0.254. The lowest BCUT2D eigenvalue weighted by atomic mass is 9.94. The fourth-order valence-corrected chi connectivity index (χ4v) is 4.75. The first-order chi connectivity index (χ1) is 17.2. The minimum atomic E-state index is -0.903. The van der Waals surface area contributed by atoms with Gasteiger partial charge in [0.05, 0.1) is 37.4 Å². The van der Waals surface area contributed by atoms with Gasteiger partial charge in [-0.25, -0.2) is 0 Å². The molecule has 1 unspecified atom stereocenters. The third kappa shape index (κ3) is 5.15. The summed E-state index contributed by atoms with van der Waals surface area (Å²) in [6, 6.07) is 7.01. The van der Waals surface area contributed by atoms with Crippen molar-refractivity contribution in [3.8, 4) is 23.0 Å². The van der Waals surface area contributed by atoms with Crippen molar-refractivity contribution in [3.05, 3.63) is 51.5 Å². The fourth-order valence-electron chi connectivity index (χ4n) is 4.29. The minimum absolute atomic E-state index is 0.0635. The zero-order chi connectivity index (χ0) is 26.6. The second kappa shape index (κ2) is 11.7. The molecule has 194 valence electrons. The van der Waals surface area contributed by atoms with Crippen LogP contribution in [-0.2, 0) is 9.59 Å². The summed E-state index contributed by atoms with van der Waals surface area (Å²) in [5.74, 6) is -0.971. The summed E-state index contributed by atoms with van der Waals surface area (Å²) in [4.78, 5) is 30.1. The summed E-state index contributed by atoms with van der Waals surface area (Å²) < 4.78 is 16.2. The number of Topliss-reactive ketones (excluding diaryl/α,β-unsaturated/α-hetero) is 1. The first-order valence-corrected chi connectivity index (χ1v) is 12.3. The van der Waals surface area contributed by atoms with Gasteiger partial charge in [-0.05, 0) is 64.9 Å². The number of benzene rings is 2. The van der Waals surface area contributed by atoms with Gasteiger partial charge in [-0.1, -0.05) is 13.8 Å². The molecule has 36 heavy (non-hydrogen) atoms. The summed E-state index contributed by atoms with van der Waals surface area (Å²) >= 11 is 3.32. The Kier molecular flexibility index (Phi) is 8.86. The van der Waals surface area contributed by atoms with E-state index in [4.69, 9.17) is 14.2 Å². The molecular weight excluding hydrogens is 532 g/mol. The number of amides is 1. The van der Waals surface area contributed by atoms with Crippen molar-refractivity contribution < 1.29 is 34.0 Å². The number of phenolic OH excluding ortho intramolecular Hbond substituents is 1. The molecule has 0 aliphatic carbocycles. The van der Waals surface area contributed by atoms with Crippen LogP contribution in [0, 0.1) is 0 Å². The molecule has 3 rings (SSSR count). The van der Waals surface area contributed by atoms with E-state index in [0.717, 1.165) is 13.1 Å². The Morgan fingerprint density at radius 2 is 1.64 bits per heavy atom. The third-order valence-corrected chi connectivity index (χ3v) is 6.94. The molecule has 0 bridgehead atoms. The zero-order valence-electron chi connectivity index (χ0n) is 21.0. The van der Waals surface area contributed by atoms with E-state index in [1.54, 1.807) is 30.3 Å². The average Bonchev–Trinajstić information content (AvgIpc) is 3.14. The van der Waals surface area contributed by atoms with Gasteiger partial charge in [-0.2, -0.15) is 0 Å². The topological polar surface area (TPSA) is 109 Å². The molecule has 10 heteroatoms. The highest BCUT2D eigenvalue weighted by atomic mass is 79.9. The SMILES string of the molecule is CCN(CC)CCN1C(=O)C(=O)C(=C(O)c2ccc(OC)c(OC)c2)C1c1cc(Br)c(O)c(OC)c1. The van der Waals surface area contributed by atoms with E-state index >= 15 is 0 Å². The van der Waals surface area contributed by atoms with Gasteiger partial charge in [0.1, 0.15) is 5.76 Å². The van der Waals surface area contributed by atoms with Gasteiger partial charge in [0.15, 0.2) is 23.0 Å². The van der Waals surface area contributed by atoms with E-state index in [9.17, 15) is 19.8 Å². The van der Waals surface area contributed by atoms with Crippen molar-refractivity contribution in [1.29, 1.82) is 0 Å². The van der Waals surface area contributed by atoms with Crippen molar-refractivity contribution in [2.24, 2.45) is 0 Å². The Morgan fingerprint density at radius 1 is 1.00 bits per heavy atom. The van der Waals surface area contributed by atoms with Crippen molar-refractivity contribution in [1.82, 2.24) is 9.80 Å². The van der Waals surface area contributed by atoms with Crippen LogP contribution in [0.25, 0.3) is 5.76 Å². The maximum atomic E-state index is 13.3. The molecule has 2 aromatic carbocycles. The van der Waals surface area contributed by atoms with Crippen LogP contribution in [-0.4, -0.2) is 79.2 Å². The molecule has 9 nitrogen and oxygen atoms in total. The molecule has 0 radical (unpaired) electrons. The minimum Gasteiger partial charge on any atom is -0.507 e. The van der Waals surface area contributed by atoms with Gasteiger partial charge in [0.25, 0.3) is 11.7 Å². The number of aliphatic hydroxyl groups excluding tert-OH is 1. The molecule has 1 saturated heterocycles. The predicted molar refractivity (Wildman–Crippen MR) is 139 cm³/mol. The first kappa shape index (κ1) is 27.3. The third-order valence-electron chi connectivity index (χ3n) is 6.33. The van der Waals surface area contributed by atoms with Crippen LogP contribution >= 0.6 is 15.9 Å². The molecule has 1 amide bonds. The predicted octanol–water partition coefficient (Wildman–Crippen LogP) is 3.94. The van der Waals surface area contributed by atoms with E-state index < -0.39 is 17.7 Å². The molecule has 1 heterocycles. The average molecular weight is 563 g/mol. The highest BCUT2D eigenvalue weighted by Gasteiger charge is 2.46. The van der Waals surface area contributed by atoms with Crippen molar-refractivity contribution in [3.63, 3.8) is 0 Å². The number of aromatic hydroxyl groups is 1. The van der Waals surface area contributed by atoms with E-state index in [0.29, 0.717) is 33.6 Å². The molecule has 1 atom stereocenters. The smallest absolute Gasteiger partial charge is 0.295 e. The number of nitrogens with zero attached hydrogens (tertiary/aromatic N) is 2. The number of rotatable bonds is 10. The van der Waals surface area contributed by atoms with Crippen molar-refractivity contribution in [2.75, 3.05) is 47.5 Å². The van der Waals surface area contributed by atoms with Gasteiger partial charge in [-0.3, -0.25) is 9.59 Å². The Hall–Kier alpha value is -3.24. The van der Waals surface area contributed by atoms with Crippen LogP contribution in [0.3, 0.4) is 0 Å². The first-order valence-electron chi connectivity index (χ1n) is 11.5. The monoisotopic (exact) mass is 562 g/mol.